The summed E-state index contributed by atoms with van der Waals surface area (Å²) in [6.45, 7) is 1.84. The number of anilines is 3. The van der Waals surface area contributed by atoms with Crippen LogP contribution in [0.5, 0.6) is 5.75 Å². The molecule has 0 aliphatic carbocycles. The van der Waals surface area contributed by atoms with Crippen LogP contribution in [0.25, 0.3) is 0 Å². The fourth-order valence-corrected chi connectivity index (χ4v) is 6.95. The van der Waals surface area contributed by atoms with E-state index in [1.807, 2.05) is 13.0 Å². The Balaban J connectivity index is 1.44. The summed E-state index contributed by atoms with van der Waals surface area (Å²) in [7, 11) is -4.67. The number of hydrogen-bond donors (Lipinski definition) is 2. The minimum atomic E-state index is -3.90. The summed E-state index contributed by atoms with van der Waals surface area (Å²) in [5.74, 6) is -0.0389. The molecule has 0 saturated heterocycles. The molecular formula is C26H25N3O6S3. The molecule has 0 unspecified atom stereocenters. The number of methoxy groups -OCH3 is 1. The number of thiophene rings is 1. The van der Waals surface area contributed by atoms with Gasteiger partial charge < -0.3 is 10.1 Å². The van der Waals surface area contributed by atoms with E-state index in [0.717, 1.165) is 21.2 Å². The van der Waals surface area contributed by atoms with Crippen molar-refractivity contribution in [2.24, 2.45) is 0 Å². The van der Waals surface area contributed by atoms with E-state index < -0.39 is 26.0 Å². The lowest BCUT2D eigenvalue weighted by atomic mass is 10.2. The van der Waals surface area contributed by atoms with Crippen LogP contribution in [-0.2, 0) is 20.0 Å². The number of sulfonamides is 2. The number of carbonyl (C=O) groups is 1. The lowest BCUT2D eigenvalue weighted by Gasteiger charge is -2.18. The third-order valence-corrected chi connectivity index (χ3v) is 10.2. The van der Waals surface area contributed by atoms with E-state index >= 15 is 0 Å². The number of rotatable bonds is 9. The first-order chi connectivity index (χ1) is 18.0. The summed E-state index contributed by atoms with van der Waals surface area (Å²) in [5, 5.41) is 4.40. The molecular weight excluding hydrogens is 547 g/mol. The smallest absolute Gasteiger partial charge is 0.273 e. The highest BCUT2D eigenvalue weighted by Gasteiger charge is 2.22. The second-order valence-electron chi connectivity index (χ2n) is 8.24. The highest BCUT2D eigenvalue weighted by molar-refractivity contribution is 7.94. The highest BCUT2D eigenvalue weighted by Crippen LogP contribution is 2.29. The highest BCUT2D eigenvalue weighted by atomic mass is 32.2. The Kier molecular flexibility index (Phi) is 7.76. The third kappa shape index (κ3) is 5.82. The van der Waals surface area contributed by atoms with Gasteiger partial charge in [-0.15, -0.1) is 11.3 Å². The SMILES string of the molecule is COc1ccc(C)cc1NS(=O)(=O)c1ccc(NC(=O)c2ccc(N(C)S(=O)(=O)c3cccs3)cc2)cc1. The van der Waals surface area contributed by atoms with Crippen molar-refractivity contribution in [1.29, 1.82) is 0 Å². The van der Waals surface area contributed by atoms with Gasteiger partial charge in [-0.25, -0.2) is 16.8 Å². The molecule has 1 aromatic heterocycles. The van der Waals surface area contributed by atoms with Crippen molar-refractivity contribution in [3.63, 3.8) is 0 Å². The molecule has 0 fully saturated rings. The van der Waals surface area contributed by atoms with Crippen molar-refractivity contribution < 1.29 is 26.4 Å². The van der Waals surface area contributed by atoms with E-state index in [4.69, 9.17) is 4.74 Å². The quantitative estimate of drug-likeness (QED) is 0.293. The van der Waals surface area contributed by atoms with Gasteiger partial charge in [0.15, 0.2) is 0 Å². The first-order valence-corrected chi connectivity index (χ1v) is 15.0. The van der Waals surface area contributed by atoms with E-state index in [1.165, 1.54) is 56.6 Å². The molecule has 9 nitrogen and oxygen atoms in total. The van der Waals surface area contributed by atoms with Gasteiger partial charge in [0.1, 0.15) is 9.96 Å². The van der Waals surface area contributed by atoms with Crippen molar-refractivity contribution in [2.75, 3.05) is 28.5 Å². The number of nitrogens with one attached hydrogen (secondary N) is 2. The molecule has 4 aromatic rings. The van der Waals surface area contributed by atoms with Gasteiger partial charge in [0.2, 0.25) is 0 Å². The van der Waals surface area contributed by atoms with Crippen LogP contribution < -0.4 is 19.1 Å². The van der Waals surface area contributed by atoms with Gasteiger partial charge in [0.05, 0.1) is 23.4 Å². The summed E-state index contributed by atoms with van der Waals surface area (Å²) in [4.78, 5) is 12.7. The van der Waals surface area contributed by atoms with E-state index in [1.54, 1.807) is 35.7 Å². The molecule has 38 heavy (non-hydrogen) atoms. The average Bonchev–Trinajstić information content (AvgIpc) is 3.45. The molecule has 2 N–H and O–H groups in total. The first-order valence-electron chi connectivity index (χ1n) is 11.2. The number of ether oxygens (including phenoxy) is 1. The minimum absolute atomic E-state index is 0.0124. The fourth-order valence-electron chi connectivity index (χ4n) is 3.53. The maximum Gasteiger partial charge on any atom is 0.273 e. The molecule has 0 bridgehead atoms. The van der Waals surface area contributed by atoms with Gasteiger partial charge in [0.25, 0.3) is 26.0 Å². The molecule has 4 rings (SSSR count). The maximum absolute atomic E-state index is 12.9. The Labute approximate surface area is 225 Å². The van der Waals surface area contributed by atoms with Gasteiger partial charge in [-0.1, -0.05) is 12.1 Å². The van der Waals surface area contributed by atoms with E-state index in [9.17, 15) is 21.6 Å². The Bertz CT molecular complexity index is 1650. The van der Waals surface area contributed by atoms with Crippen molar-refractivity contribution in [1.82, 2.24) is 0 Å². The summed E-state index contributed by atoms with van der Waals surface area (Å²) < 4.78 is 60.3. The molecule has 0 radical (unpaired) electrons. The molecule has 12 heteroatoms. The molecule has 0 aliphatic heterocycles. The zero-order valence-corrected chi connectivity index (χ0v) is 23.2. The number of carbonyl (C=O) groups excluding carboxylic acids is 1. The van der Waals surface area contributed by atoms with Crippen LogP contribution in [0.2, 0.25) is 0 Å². The molecule has 0 aliphatic rings. The molecule has 0 saturated carbocycles. The first kappa shape index (κ1) is 27.2. The van der Waals surface area contributed by atoms with Gasteiger partial charge in [-0.3, -0.25) is 13.8 Å². The molecule has 1 amide bonds. The standard InChI is InChI=1S/C26H25N3O6S3/c1-18-6-15-24(35-3)23(17-18)28-37(31,32)22-13-9-20(10-14-22)27-26(30)19-7-11-21(12-8-19)29(2)38(33,34)25-5-4-16-36-25/h4-17,28H,1-3H3,(H,27,30). The van der Waals surface area contributed by atoms with Crippen molar-refractivity contribution >= 4 is 54.4 Å². The Morgan fingerprint density at radius 1 is 0.921 bits per heavy atom. The van der Waals surface area contributed by atoms with Crippen LogP contribution in [0.1, 0.15) is 15.9 Å². The Hall–Kier alpha value is -3.87. The number of amides is 1. The molecule has 0 spiro atoms. The number of nitrogens with zero attached hydrogens (tertiary/aromatic N) is 1. The van der Waals surface area contributed by atoms with Crippen LogP contribution in [0, 0.1) is 6.92 Å². The molecule has 1 heterocycles. The minimum Gasteiger partial charge on any atom is -0.495 e. The summed E-state index contributed by atoms with van der Waals surface area (Å²) in [6.07, 6.45) is 0. The fraction of sp³-hybridized carbons (Fsp3) is 0.115. The second-order valence-corrected chi connectivity index (χ2v) is 13.1. The third-order valence-electron chi connectivity index (χ3n) is 5.62. The zero-order chi connectivity index (χ0) is 27.5. The average molecular weight is 572 g/mol. The van der Waals surface area contributed by atoms with Crippen LogP contribution in [0.15, 0.2) is 93.3 Å². The lowest BCUT2D eigenvalue weighted by Crippen LogP contribution is -2.25. The van der Waals surface area contributed by atoms with E-state index in [2.05, 4.69) is 10.0 Å². The predicted molar refractivity (Wildman–Crippen MR) is 149 cm³/mol. The molecule has 0 atom stereocenters. The van der Waals surface area contributed by atoms with Gasteiger partial charge >= 0.3 is 0 Å². The van der Waals surface area contributed by atoms with Crippen molar-refractivity contribution in [3.8, 4) is 5.75 Å². The summed E-state index contributed by atoms with van der Waals surface area (Å²) >= 11 is 1.13. The van der Waals surface area contributed by atoms with Crippen LogP contribution in [-0.4, -0.2) is 36.9 Å². The van der Waals surface area contributed by atoms with Crippen LogP contribution in [0.4, 0.5) is 17.1 Å². The maximum atomic E-state index is 12.9. The summed E-state index contributed by atoms with van der Waals surface area (Å²) in [6, 6.07) is 20.2. The van der Waals surface area contributed by atoms with Crippen molar-refractivity contribution in [3.05, 3.63) is 95.4 Å². The zero-order valence-electron chi connectivity index (χ0n) is 20.7. The van der Waals surface area contributed by atoms with Crippen molar-refractivity contribution in [2.45, 2.75) is 16.0 Å². The van der Waals surface area contributed by atoms with Crippen LogP contribution >= 0.6 is 11.3 Å². The summed E-state index contributed by atoms with van der Waals surface area (Å²) in [5.41, 5.74) is 2.29. The van der Waals surface area contributed by atoms with Gasteiger partial charge in [0, 0.05) is 18.3 Å². The van der Waals surface area contributed by atoms with Crippen LogP contribution in [0.3, 0.4) is 0 Å². The number of benzene rings is 3. The Morgan fingerprint density at radius 3 is 2.21 bits per heavy atom. The predicted octanol–water partition coefficient (Wildman–Crippen LogP) is 4.94. The van der Waals surface area contributed by atoms with Gasteiger partial charge in [-0.2, -0.15) is 0 Å². The number of hydrogen-bond acceptors (Lipinski definition) is 7. The monoisotopic (exact) mass is 571 g/mol. The number of aryl methyl sites for hydroxylation is 1. The molecule has 3 aromatic carbocycles. The van der Waals surface area contributed by atoms with E-state index in [-0.39, 0.29) is 9.10 Å². The topological polar surface area (TPSA) is 122 Å². The lowest BCUT2D eigenvalue weighted by molar-refractivity contribution is 0.102. The normalized spacial score (nSPS) is 11.6. The van der Waals surface area contributed by atoms with Gasteiger partial charge in [-0.05, 0) is 84.6 Å². The molecule has 198 valence electrons. The second kappa shape index (κ2) is 10.9. The Morgan fingerprint density at radius 2 is 1.61 bits per heavy atom. The van der Waals surface area contributed by atoms with E-state index in [0.29, 0.717) is 28.4 Å². The largest absolute Gasteiger partial charge is 0.495 e.